The summed E-state index contributed by atoms with van der Waals surface area (Å²) in [5.41, 5.74) is 0.453. The van der Waals surface area contributed by atoms with Crippen LogP contribution in [0, 0.1) is 41.4 Å². The number of methoxy groups -OCH3 is 3. The van der Waals surface area contributed by atoms with Crippen molar-refractivity contribution in [3.8, 4) is 0 Å². The number of aliphatic hydroxyl groups is 2. The summed E-state index contributed by atoms with van der Waals surface area (Å²) in [4.78, 5) is 73.2. The molecule has 15 nitrogen and oxygen atoms in total. The smallest absolute Gasteiger partial charge is 0.329 e. The number of carbonyl (C=O) groups excluding carboxylic acids is 5. The molecule has 1 saturated carbocycles. The zero-order chi connectivity index (χ0) is 60.9. The second kappa shape index (κ2) is 26.7. The van der Waals surface area contributed by atoms with Crippen molar-refractivity contribution in [2.45, 2.75) is 181 Å². The molecule has 0 radical (unpaired) electrons. The lowest BCUT2D eigenvalue weighted by Gasteiger charge is -2.42. The van der Waals surface area contributed by atoms with Gasteiger partial charge in [0.2, 0.25) is 5.79 Å². The number of rotatable bonds is 8. The molecule has 0 aromatic carbocycles. The Balaban J connectivity index is 1.82. The minimum Gasteiger partial charge on any atom is -0.460 e. The summed E-state index contributed by atoms with van der Waals surface area (Å²) in [6.45, 7) is 9.87. The summed E-state index contributed by atoms with van der Waals surface area (Å²) in [7, 11) is -4.43. The number of hydrogen-bond donors (Lipinski definition) is 2. The maximum atomic E-state index is 14.6. The number of piperidine rings is 1. The van der Waals surface area contributed by atoms with Gasteiger partial charge in [0.25, 0.3) is 11.7 Å². The van der Waals surface area contributed by atoms with Gasteiger partial charge in [0.1, 0.15) is 30.1 Å². The van der Waals surface area contributed by atoms with E-state index in [1.165, 1.54) is 92.2 Å². The van der Waals surface area contributed by atoms with E-state index in [2.05, 4.69) is 0 Å². The number of cyclic esters (lactones) is 1. The molecule has 2 saturated heterocycles. The van der Waals surface area contributed by atoms with Crippen molar-refractivity contribution in [2.24, 2.45) is 41.4 Å². The van der Waals surface area contributed by atoms with Crippen molar-refractivity contribution in [3.63, 3.8) is 0 Å². The average molecular weight is 1010 g/mol. The molecule has 0 spiro atoms. The minimum absolute atomic E-state index is 0.000868. The molecule has 1 aliphatic carbocycles. The second-order valence-corrected chi connectivity index (χ2v) is 21.9. The third-order valence-corrected chi connectivity index (χ3v) is 15.4. The maximum Gasteiger partial charge on any atom is 0.329 e. The highest BCUT2D eigenvalue weighted by molar-refractivity contribution is 7.57. The van der Waals surface area contributed by atoms with Gasteiger partial charge in [0.05, 0.1) is 28.5 Å². The zero-order valence-electron chi connectivity index (χ0n) is 52.9. The van der Waals surface area contributed by atoms with Gasteiger partial charge in [-0.05, 0) is 106 Å². The van der Waals surface area contributed by atoms with Gasteiger partial charge in [-0.15, -0.1) is 0 Å². The van der Waals surface area contributed by atoms with Crippen molar-refractivity contribution in [3.05, 3.63) is 47.6 Å². The first kappa shape index (κ1) is 45.5. The highest BCUT2D eigenvalue weighted by atomic mass is 31.2. The van der Waals surface area contributed by atoms with E-state index in [1.807, 2.05) is 0 Å². The Morgan fingerprint density at radius 1 is 0.957 bits per heavy atom. The van der Waals surface area contributed by atoms with Crippen LogP contribution >= 0.6 is 7.37 Å². The summed E-state index contributed by atoms with van der Waals surface area (Å²) >= 11 is 0. The van der Waals surface area contributed by atoms with Crippen molar-refractivity contribution in [1.82, 2.24) is 4.90 Å². The molecular weight excluding hydrogens is 918 g/mol. The van der Waals surface area contributed by atoms with Crippen LogP contribution < -0.4 is 0 Å². The maximum absolute atomic E-state index is 14.6. The van der Waals surface area contributed by atoms with Gasteiger partial charge in [-0.2, -0.15) is 0 Å². The van der Waals surface area contributed by atoms with E-state index >= 15 is 0 Å². The largest absolute Gasteiger partial charge is 0.460 e. The molecule has 70 heavy (non-hydrogen) atoms. The van der Waals surface area contributed by atoms with E-state index in [4.69, 9.17) is 39.2 Å². The van der Waals surface area contributed by atoms with Crippen LogP contribution in [-0.4, -0.2) is 140 Å². The SMILES string of the molecule is [2H]C([2H])([2H])O[C@H]1C[C@@H]2CC([2H])([2H])[C@@H](C)[C@@](O)(O2)C(=O)C(=O)N2CCCC[C@H]2C(=O)O[C@H]([C@H](C)C[C@@H]2CC[C@@H](OP(C)(=O)C([2H])([2H])[2H])[C@H](OC)C2)CC(=O)[C@H](C)/C=C(\C)[C@@H](O)[C@@H](OC)C(=O)[C@H](C)C([2H])(C)[C@]([2H])(C)/C=C/C=CC=C1C. The van der Waals surface area contributed by atoms with E-state index in [9.17, 15) is 41.5 Å². The molecular formula is C54H86NO14P. The van der Waals surface area contributed by atoms with Crippen molar-refractivity contribution < 1.29 is 80.7 Å². The van der Waals surface area contributed by atoms with Crippen LogP contribution in [0.1, 0.15) is 140 Å². The molecule has 3 aliphatic heterocycles. The van der Waals surface area contributed by atoms with E-state index in [-0.39, 0.29) is 36.5 Å². The number of ether oxygens (including phenoxy) is 5. The van der Waals surface area contributed by atoms with Gasteiger partial charge in [-0.25, -0.2) is 4.79 Å². The number of carbonyl (C=O) groups is 5. The Hall–Kier alpha value is -3.14. The predicted octanol–water partition coefficient (Wildman–Crippen LogP) is 7.99. The number of esters is 1. The third kappa shape index (κ3) is 15.7. The number of amides is 1. The number of Topliss-reactive ketones (excluding diaryl/α,β-unsaturated/α-hetero) is 3. The predicted molar refractivity (Wildman–Crippen MR) is 268 cm³/mol. The number of nitrogens with zero attached hydrogens (tertiary/aromatic N) is 1. The van der Waals surface area contributed by atoms with Crippen molar-refractivity contribution in [1.29, 1.82) is 0 Å². The Kier molecular flexibility index (Phi) is 17.3. The summed E-state index contributed by atoms with van der Waals surface area (Å²) in [5, 5.41) is 23.8. The Morgan fingerprint density at radius 3 is 2.36 bits per heavy atom. The minimum atomic E-state index is -4.07. The quantitative estimate of drug-likeness (QED) is 0.103. The number of hydrogen-bond acceptors (Lipinski definition) is 14. The Morgan fingerprint density at radius 2 is 1.69 bits per heavy atom. The molecule has 0 aromatic heterocycles. The molecule has 4 aliphatic rings. The molecule has 3 fully saturated rings. The lowest BCUT2D eigenvalue weighted by molar-refractivity contribution is -0.265. The number of fused-ring (bicyclic) bond motifs is 3. The van der Waals surface area contributed by atoms with Crippen LogP contribution in [0.2, 0.25) is 0 Å². The van der Waals surface area contributed by atoms with Crippen molar-refractivity contribution >= 4 is 36.6 Å². The first-order chi connectivity index (χ1) is 36.7. The summed E-state index contributed by atoms with van der Waals surface area (Å²) in [6.07, 6.45) is -1.32. The first-order valence-corrected chi connectivity index (χ1v) is 26.6. The van der Waals surface area contributed by atoms with E-state index in [1.54, 1.807) is 13.8 Å². The van der Waals surface area contributed by atoms with Crippen LogP contribution in [0.4, 0.5) is 0 Å². The standard InChI is InChI=1S/C54H86NO14P/c1-32-19-15-14-16-20-33(2)45(64-9)30-41-24-22-37(6)54(62,68-41)51(59)52(60)55-26-18-17-21-42(55)53(61)67-46(35(4)28-40-23-25-44(47(29-40)65-10)69-70(12,13)63)31-43(56)34(3)27-36(5)48(57)50(66-11)49(58)39(8)38(32)7/h14-16,19-20,27,32,34-35,37-42,44-48,50,57,62H,17-18,21-26,28-31H2,1-13H3/b16-14?,19-15+,33-20?,36-27+/t32-,34-,35-,37-,38?,39-,40+,41+,42+,44-,45+,46+,47-,48-,50-,54-/m1/s1/i9D3,12D3,22D2,32D,38D/t32-,34-,35-,37-,38?,39-,40+,41+,42+,44-,45+,46+,47-,48-,50-,54-,70?. The van der Waals surface area contributed by atoms with Crippen LogP contribution in [0.5, 0.6) is 0 Å². The van der Waals surface area contributed by atoms with Crippen LogP contribution in [0.3, 0.4) is 0 Å². The molecule has 396 valence electrons. The van der Waals surface area contributed by atoms with Crippen LogP contribution in [0.25, 0.3) is 0 Å². The molecule has 4 rings (SSSR count). The van der Waals surface area contributed by atoms with Crippen LogP contribution in [0.15, 0.2) is 47.6 Å². The number of allylic oxidation sites excluding steroid dienone is 6. The lowest BCUT2D eigenvalue weighted by Crippen LogP contribution is -2.61. The third-order valence-electron chi connectivity index (χ3n) is 14.7. The van der Waals surface area contributed by atoms with E-state index in [0.717, 1.165) is 11.6 Å². The fraction of sp³-hybridized carbons (Fsp3) is 0.759. The second-order valence-electron chi connectivity index (χ2n) is 20.0. The molecule has 2 N–H and O–H groups in total. The molecule has 16 heteroatoms. The fourth-order valence-electron chi connectivity index (χ4n) is 9.91. The van der Waals surface area contributed by atoms with E-state index < -0.39 is 166 Å². The van der Waals surface area contributed by atoms with Gasteiger partial charge in [0.15, 0.2) is 13.2 Å². The Labute approximate surface area is 432 Å². The number of aliphatic hydroxyl groups excluding tert-OH is 1. The van der Waals surface area contributed by atoms with Crippen LogP contribution in [-0.2, 0) is 56.7 Å². The molecule has 2 bridgehead atoms. The monoisotopic (exact) mass is 1010 g/mol. The normalized spacial score (nSPS) is 44.5. The number of ketones is 3. The van der Waals surface area contributed by atoms with Gasteiger partial charge >= 0.3 is 5.97 Å². The van der Waals surface area contributed by atoms with Crippen molar-refractivity contribution in [2.75, 3.05) is 41.1 Å². The summed E-state index contributed by atoms with van der Waals surface area (Å²) in [6, 6.07) is -1.42. The topological polar surface area (TPSA) is 201 Å². The average Bonchev–Trinajstić information content (AvgIpc) is 3.35. The highest BCUT2D eigenvalue weighted by Gasteiger charge is 2.53. The molecule has 3 heterocycles. The molecule has 17 atom stereocenters. The summed E-state index contributed by atoms with van der Waals surface area (Å²) in [5.74, 6) is -16.3. The van der Waals surface area contributed by atoms with Gasteiger partial charge < -0.3 is 43.3 Å². The zero-order valence-corrected chi connectivity index (χ0v) is 43.8. The lowest BCUT2D eigenvalue weighted by atomic mass is 9.78. The fourth-order valence-corrected chi connectivity index (χ4v) is 10.7. The molecule has 2 unspecified atom stereocenters. The first-order valence-electron chi connectivity index (χ1n) is 29.6. The molecule has 1 amide bonds. The Bertz CT molecular complexity index is 2390. The van der Waals surface area contributed by atoms with Gasteiger partial charge in [-0.1, -0.05) is 78.0 Å². The molecule has 0 aromatic rings. The van der Waals surface area contributed by atoms with Gasteiger partial charge in [0, 0.05) is 81.3 Å². The summed E-state index contributed by atoms with van der Waals surface area (Å²) < 4.78 is 131. The van der Waals surface area contributed by atoms with E-state index in [0.29, 0.717) is 32.1 Å². The van der Waals surface area contributed by atoms with Gasteiger partial charge in [-0.3, -0.25) is 23.7 Å². The highest BCUT2D eigenvalue weighted by Crippen LogP contribution is 2.45.